The first-order valence-corrected chi connectivity index (χ1v) is 8.66. The van der Waals surface area contributed by atoms with Crippen LogP contribution in [0.1, 0.15) is 57.2 Å². The van der Waals surface area contributed by atoms with E-state index in [0.29, 0.717) is 10.4 Å². The van der Waals surface area contributed by atoms with Crippen molar-refractivity contribution in [1.29, 1.82) is 0 Å². The summed E-state index contributed by atoms with van der Waals surface area (Å²) in [5, 5.41) is 0.602. The van der Waals surface area contributed by atoms with Crippen LogP contribution in [0.2, 0.25) is 5.02 Å². The van der Waals surface area contributed by atoms with Gasteiger partial charge in [0.05, 0.1) is 15.9 Å². The first-order chi connectivity index (χ1) is 10.1. The van der Waals surface area contributed by atoms with Crippen LogP contribution >= 0.6 is 23.2 Å². The van der Waals surface area contributed by atoms with Gasteiger partial charge >= 0.3 is 0 Å². The summed E-state index contributed by atoms with van der Waals surface area (Å²) in [4.78, 5) is 4.72. The van der Waals surface area contributed by atoms with Gasteiger partial charge in [-0.05, 0) is 43.7 Å². The molecular formula is C17H22Cl2N2. The van der Waals surface area contributed by atoms with Crippen molar-refractivity contribution in [3.05, 3.63) is 29.0 Å². The molecule has 0 bridgehead atoms. The van der Waals surface area contributed by atoms with Crippen molar-refractivity contribution < 1.29 is 0 Å². The first-order valence-electron chi connectivity index (χ1n) is 7.85. The number of hydrogen-bond acceptors (Lipinski definition) is 1. The summed E-state index contributed by atoms with van der Waals surface area (Å²) in [6.07, 6.45) is 6.50. The molecule has 0 N–H and O–H groups in total. The number of rotatable bonds is 4. The minimum atomic E-state index is -0.108. The summed E-state index contributed by atoms with van der Waals surface area (Å²) in [7, 11) is 0. The number of hydrogen-bond donors (Lipinski definition) is 0. The summed E-state index contributed by atoms with van der Waals surface area (Å²) in [5.41, 5.74) is 2.40. The zero-order chi connectivity index (χ0) is 15.0. The second-order valence-electron chi connectivity index (χ2n) is 6.34. The fraction of sp³-hybridized carbons (Fsp3) is 0.588. The van der Waals surface area contributed by atoms with Crippen LogP contribution in [0, 0.1) is 5.41 Å². The smallest absolute Gasteiger partial charge is 0.127 e. The lowest BCUT2D eigenvalue weighted by atomic mass is 9.83. The molecule has 0 amide bonds. The van der Waals surface area contributed by atoms with Gasteiger partial charge in [0, 0.05) is 6.54 Å². The fourth-order valence-corrected chi connectivity index (χ4v) is 4.06. The van der Waals surface area contributed by atoms with Crippen molar-refractivity contribution in [3.8, 4) is 0 Å². The maximum atomic E-state index is 6.38. The molecule has 1 aliphatic rings. The minimum Gasteiger partial charge on any atom is -0.326 e. The van der Waals surface area contributed by atoms with E-state index in [0.717, 1.165) is 23.4 Å². The highest BCUT2D eigenvalue weighted by molar-refractivity contribution is 6.35. The molecule has 1 heterocycles. The third-order valence-electron chi connectivity index (χ3n) is 5.02. The Bertz CT molecular complexity index is 640. The van der Waals surface area contributed by atoms with Crippen molar-refractivity contribution in [2.45, 2.75) is 57.9 Å². The summed E-state index contributed by atoms with van der Waals surface area (Å²) < 4.78 is 2.31. The second kappa shape index (κ2) is 5.81. The van der Waals surface area contributed by atoms with Crippen LogP contribution in [-0.2, 0) is 6.54 Å². The number of para-hydroxylation sites is 1. The lowest BCUT2D eigenvalue weighted by Crippen LogP contribution is -2.24. The van der Waals surface area contributed by atoms with Crippen molar-refractivity contribution in [2.75, 3.05) is 0 Å². The Hall–Kier alpha value is -0.730. The Kier molecular flexibility index (Phi) is 4.20. The Morgan fingerprint density at radius 3 is 2.67 bits per heavy atom. The Balaban J connectivity index is 2.11. The van der Waals surface area contributed by atoms with Crippen LogP contribution in [0.25, 0.3) is 11.0 Å². The highest BCUT2D eigenvalue weighted by Crippen LogP contribution is 2.44. The molecule has 21 heavy (non-hydrogen) atoms. The van der Waals surface area contributed by atoms with Crippen molar-refractivity contribution in [2.24, 2.45) is 5.41 Å². The molecule has 0 radical (unpaired) electrons. The van der Waals surface area contributed by atoms with Crippen LogP contribution in [0.3, 0.4) is 0 Å². The van der Waals surface area contributed by atoms with Gasteiger partial charge in [0.15, 0.2) is 0 Å². The van der Waals surface area contributed by atoms with Gasteiger partial charge in [0.25, 0.3) is 0 Å². The Morgan fingerprint density at radius 1 is 1.33 bits per heavy atom. The number of fused-ring (bicyclic) bond motifs is 1. The van der Waals surface area contributed by atoms with E-state index in [9.17, 15) is 0 Å². The van der Waals surface area contributed by atoms with E-state index in [1.807, 2.05) is 19.1 Å². The van der Waals surface area contributed by atoms with Gasteiger partial charge < -0.3 is 4.57 Å². The Labute approximate surface area is 136 Å². The first kappa shape index (κ1) is 15.2. The number of aromatic nitrogens is 2. The molecule has 1 saturated carbocycles. The third kappa shape index (κ3) is 2.68. The van der Waals surface area contributed by atoms with Crippen molar-refractivity contribution in [3.63, 3.8) is 0 Å². The third-order valence-corrected chi connectivity index (χ3v) is 5.52. The summed E-state index contributed by atoms with van der Waals surface area (Å²) in [6.45, 7) is 5.30. The molecule has 4 heteroatoms. The molecule has 3 rings (SSSR count). The van der Waals surface area contributed by atoms with Crippen molar-refractivity contribution in [1.82, 2.24) is 9.55 Å². The van der Waals surface area contributed by atoms with Gasteiger partial charge in [-0.15, -0.1) is 11.6 Å². The van der Waals surface area contributed by atoms with Gasteiger partial charge in [-0.1, -0.05) is 37.4 Å². The molecule has 1 atom stereocenters. The summed E-state index contributed by atoms with van der Waals surface area (Å²) in [5.74, 6) is 0.944. The van der Waals surface area contributed by atoms with Gasteiger partial charge in [0.1, 0.15) is 11.3 Å². The molecule has 1 aromatic heterocycles. The van der Waals surface area contributed by atoms with Crippen LogP contribution in [0.15, 0.2) is 18.2 Å². The topological polar surface area (TPSA) is 17.8 Å². The maximum Gasteiger partial charge on any atom is 0.127 e. The maximum absolute atomic E-state index is 6.38. The van der Waals surface area contributed by atoms with Crippen molar-refractivity contribution >= 4 is 34.2 Å². The molecular weight excluding hydrogens is 303 g/mol. The predicted octanol–water partition coefficient (Wildman–Crippen LogP) is 5.96. The fourth-order valence-electron chi connectivity index (χ4n) is 3.68. The van der Waals surface area contributed by atoms with E-state index in [4.69, 9.17) is 28.2 Å². The van der Waals surface area contributed by atoms with E-state index in [1.54, 1.807) is 0 Å². The van der Waals surface area contributed by atoms with Gasteiger partial charge in [-0.2, -0.15) is 0 Å². The largest absolute Gasteiger partial charge is 0.326 e. The van der Waals surface area contributed by atoms with Crippen LogP contribution < -0.4 is 0 Å². The number of imidazole rings is 1. The molecule has 0 aliphatic heterocycles. The van der Waals surface area contributed by atoms with Crippen LogP contribution in [0.4, 0.5) is 0 Å². The molecule has 0 spiro atoms. The average Bonchev–Trinajstić information content (AvgIpc) is 3.06. The molecule has 1 unspecified atom stereocenters. The number of nitrogens with zero attached hydrogens (tertiary/aromatic N) is 2. The molecule has 0 saturated heterocycles. The molecule has 2 nitrogen and oxygen atoms in total. The predicted molar refractivity (Wildman–Crippen MR) is 90.2 cm³/mol. The van der Waals surface area contributed by atoms with E-state index < -0.39 is 0 Å². The molecule has 2 aromatic rings. The highest BCUT2D eigenvalue weighted by atomic mass is 35.5. The standard InChI is InChI=1S/C17H22Cl2N2/c1-3-17(9-4-5-10-17)11-21-14-8-6-7-13(19)15(14)20-16(21)12(2)18/h6-8,12H,3-5,9-11H2,1-2H3. The van der Waals surface area contributed by atoms with Crippen LogP contribution in [-0.4, -0.2) is 9.55 Å². The molecule has 1 aliphatic carbocycles. The number of benzene rings is 1. The van der Waals surface area contributed by atoms with Gasteiger partial charge in [-0.3, -0.25) is 0 Å². The van der Waals surface area contributed by atoms with E-state index >= 15 is 0 Å². The second-order valence-corrected chi connectivity index (χ2v) is 7.40. The van der Waals surface area contributed by atoms with Gasteiger partial charge in [-0.25, -0.2) is 4.98 Å². The van der Waals surface area contributed by atoms with Crippen LogP contribution in [0.5, 0.6) is 0 Å². The normalized spacial score (nSPS) is 19.2. The quantitative estimate of drug-likeness (QED) is 0.634. The summed E-state index contributed by atoms with van der Waals surface area (Å²) in [6, 6.07) is 6.00. The molecule has 1 fully saturated rings. The van der Waals surface area contributed by atoms with E-state index in [2.05, 4.69) is 17.6 Å². The number of halogens is 2. The molecule has 114 valence electrons. The zero-order valence-corrected chi connectivity index (χ0v) is 14.2. The monoisotopic (exact) mass is 324 g/mol. The highest BCUT2D eigenvalue weighted by Gasteiger charge is 2.34. The molecule has 1 aromatic carbocycles. The lowest BCUT2D eigenvalue weighted by Gasteiger charge is -2.29. The zero-order valence-electron chi connectivity index (χ0n) is 12.7. The minimum absolute atomic E-state index is 0.108. The SMILES string of the molecule is CCC1(Cn2c(C(C)Cl)nc3c(Cl)cccc32)CCCC1. The average molecular weight is 325 g/mol. The van der Waals surface area contributed by atoms with E-state index in [-0.39, 0.29) is 5.38 Å². The summed E-state index contributed by atoms with van der Waals surface area (Å²) >= 11 is 12.7. The van der Waals surface area contributed by atoms with Gasteiger partial charge in [0.2, 0.25) is 0 Å². The Morgan fingerprint density at radius 2 is 2.05 bits per heavy atom. The number of alkyl halides is 1. The lowest BCUT2D eigenvalue weighted by molar-refractivity contribution is 0.237. The van der Waals surface area contributed by atoms with E-state index in [1.165, 1.54) is 32.1 Å².